The first-order valence-electron chi connectivity index (χ1n) is 4.93. The summed E-state index contributed by atoms with van der Waals surface area (Å²) in [6.07, 6.45) is 0.0857. The molecule has 3 atom stereocenters. The standard InChI is InChI=1S/C9H17O6P/c1-3-4-9(2,8(12)13)6(16(14)15)5-7(10)11/h6,16H,3-5H2,1-2H3,(H,10,11)(H,12,13)(H,14,15). The minimum atomic E-state index is -3.20. The number of aliphatic carboxylic acids is 2. The first kappa shape index (κ1) is 15.1. The predicted molar refractivity (Wildman–Crippen MR) is 57.9 cm³/mol. The predicted octanol–water partition coefficient (Wildman–Crippen LogP) is 1.19. The molecule has 6 nitrogen and oxygen atoms in total. The summed E-state index contributed by atoms with van der Waals surface area (Å²) < 4.78 is 11.1. The van der Waals surface area contributed by atoms with Crippen LogP contribution in [0, 0.1) is 5.41 Å². The highest BCUT2D eigenvalue weighted by atomic mass is 31.1. The number of carboxylic acids is 2. The molecule has 0 spiro atoms. The Bertz CT molecular complexity index is 302. The number of hydrogen-bond donors (Lipinski definition) is 3. The van der Waals surface area contributed by atoms with E-state index in [1.165, 1.54) is 6.92 Å². The molecule has 7 heteroatoms. The fourth-order valence-corrected chi connectivity index (χ4v) is 2.87. The van der Waals surface area contributed by atoms with Gasteiger partial charge in [-0.1, -0.05) is 13.3 Å². The Hall–Kier alpha value is -0.870. The van der Waals surface area contributed by atoms with Gasteiger partial charge < -0.3 is 15.1 Å². The second-order valence-corrected chi connectivity index (χ2v) is 5.33. The largest absolute Gasteiger partial charge is 0.481 e. The van der Waals surface area contributed by atoms with Gasteiger partial charge in [0.25, 0.3) is 0 Å². The molecule has 0 bridgehead atoms. The molecular weight excluding hydrogens is 235 g/mol. The summed E-state index contributed by atoms with van der Waals surface area (Å²) in [5, 5.41) is 17.7. The maximum atomic E-state index is 11.1. The van der Waals surface area contributed by atoms with Crippen molar-refractivity contribution in [1.82, 2.24) is 0 Å². The quantitative estimate of drug-likeness (QED) is 0.586. The summed E-state index contributed by atoms with van der Waals surface area (Å²) in [5.41, 5.74) is -2.69. The van der Waals surface area contributed by atoms with Gasteiger partial charge in [-0.3, -0.25) is 14.2 Å². The van der Waals surface area contributed by atoms with Crippen molar-refractivity contribution >= 4 is 20.0 Å². The van der Waals surface area contributed by atoms with Crippen LogP contribution in [0.25, 0.3) is 0 Å². The van der Waals surface area contributed by atoms with Crippen LogP contribution in [-0.4, -0.2) is 32.7 Å². The highest BCUT2D eigenvalue weighted by Gasteiger charge is 2.44. The maximum Gasteiger partial charge on any atom is 0.310 e. The van der Waals surface area contributed by atoms with Crippen LogP contribution in [0.2, 0.25) is 0 Å². The lowest BCUT2D eigenvalue weighted by molar-refractivity contribution is -0.149. The van der Waals surface area contributed by atoms with E-state index in [-0.39, 0.29) is 6.42 Å². The van der Waals surface area contributed by atoms with Crippen LogP contribution >= 0.6 is 8.03 Å². The van der Waals surface area contributed by atoms with Gasteiger partial charge in [0.2, 0.25) is 0 Å². The summed E-state index contributed by atoms with van der Waals surface area (Å²) in [4.78, 5) is 30.8. The van der Waals surface area contributed by atoms with Crippen molar-refractivity contribution in [2.45, 2.75) is 38.8 Å². The van der Waals surface area contributed by atoms with Crippen LogP contribution in [0.4, 0.5) is 0 Å². The fraction of sp³-hybridized carbons (Fsp3) is 0.778. The Morgan fingerprint density at radius 3 is 2.12 bits per heavy atom. The lowest BCUT2D eigenvalue weighted by Gasteiger charge is -2.30. The molecule has 0 saturated carbocycles. The van der Waals surface area contributed by atoms with Gasteiger partial charge in [0.1, 0.15) is 0 Å². The molecule has 0 saturated heterocycles. The van der Waals surface area contributed by atoms with E-state index in [0.717, 1.165) is 0 Å². The Kier molecular flexibility index (Phi) is 5.68. The second kappa shape index (κ2) is 6.01. The van der Waals surface area contributed by atoms with Crippen molar-refractivity contribution in [2.24, 2.45) is 5.41 Å². The van der Waals surface area contributed by atoms with Gasteiger partial charge in [-0.25, -0.2) is 0 Å². The number of rotatable bonds is 7. The minimum Gasteiger partial charge on any atom is -0.481 e. The summed E-state index contributed by atoms with van der Waals surface area (Å²) in [6, 6.07) is 0. The van der Waals surface area contributed by atoms with Gasteiger partial charge >= 0.3 is 11.9 Å². The highest BCUT2D eigenvalue weighted by Crippen LogP contribution is 2.43. The van der Waals surface area contributed by atoms with Crippen LogP contribution in [0.3, 0.4) is 0 Å². The van der Waals surface area contributed by atoms with Crippen molar-refractivity contribution in [2.75, 3.05) is 0 Å². The molecule has 0 aromatic rings. The molecule has 0 radical (unpaired) electrons. The Labute approximate surface area is 94.2 Å². The van der Waals surface area contributed by atoms with Crippen molar-refractivity contribution in [3.8, 4) is 0 Å². The topological polar surface area (TPSA) is 112 Å². The van der Waals surface area contributed by atoms with Gasteiger partial charge in [0.15, 0.2) is 8.03 Å². The molecule has 3 unspecified atom stereocenters. The number of carbonyl (C=O) groups is 2. The molecule has 0 heterocycles. The molecule has 0 aromatic carbocycles. The van der Waals surface area contributed by atoms with Gasteiger partial charge in [-0.15, -0.1) is 0 Å². The molecular formula is C9H17O6P. The van der Waals surface area contributed by atoms with Gasteiger partial charge in [-0.2, -0.15) is 0 Å². The van der Waals surface area contributed by atoms with Crippen molar-refractivity contribution < 1.29 is 29.3 Å². The zero-order chi connectivity index (χ0) is 12.9. The van der Waals surface area contributed by atoms with E-state index in [2.05, 4.69) is 0 Å². The van der Waals surface area contributed by atoms with Gasteiger partial charge in [0.05, 0.1) is 17.5 Å². The zero-order valence-corrected chi connectivity index (χ0v) is 10.3. The van der Waals surface area contributed by atoms with Crippen LogP contribution < -0.4 is 0 Å². The highest BCUT2D eigenvalue weighted by molar-refractivity contribution is 7.39. The van der Waals surface area contributed by atoms with Crippen LogP contribution in [0.1, 0.15) is 33.1 Å². The lowest BCUT2D eigenvalue weighted by atomic mass is 9.80. The molecule has 0 fully saturated rings. The molecule has 16 heavy (non-hydrogen) atoms. The number of carboxylic acid groups (broad SMARTS) is 2. The lowest BCUT2D eigenvalue weighted by Crippen LogP contribution is -2.39. The monoisotopic (exact) mass is 252 g/mol. The average molecular weight is 252 g/mol. The SMILES string of the molecule is CCCC(C)(C(=O)O)C(CC(=O)O)[PH](=O)O. The van der Waals surface area contributed by atoms with Crippen molar-refractivity contribution in [3.63, 3.8) is 0 Å². The third-order valence-electron chi connectivity index (χ3n) is 2.70. The fourth-order valence-electron chi connectivity index (χ4n) is 1.71. The van der Waals surface area contributed by atoms with E-state index in [0.29, 0.717) is 6.42 Å². The summed E-state index contributed by atoms with van der Waals surface area (Å²) >= 11 is 0. The Morgan fingerprint density at radius 2 is 1.88 bits per heavy atom. The van der Waals surface area contributed by atoms with E-state index >= 15 is 0 Å². The van der Waals surface area contributed by atoms with Gasteiger partial charge in [0, 0.05) is 0 Å². The Balaban J connectivity index is 5.17. The van der Waals surface area contributed by atoms with Crippen molar-refractivity contribution in [1.29, 1.82) is 0 Å². The minimum absolute atomic E-state index is 0.178. The third-order valence-corrected chi connectivity index (χ3v) is 4.14. The first-order valence-corrected chi connectivity index (χ1v) is 6.37. The third kappa shape index (κ3) is 3.61. The van der Waals surface area contributed by atoms with E-state index in [9.17, 15) is 14.2 Å². The Morgan fingerprint density at radius 1 is 1.38 bits per heavy atom. The molecule has 0 amide bonds. The zero-order valence-electron chi connectivity index (χ0n) is 9.27. The smallest absolute Gasteiger partial charge is 0.310 e. The molecule has 0 aliphatic rings. The molecule has 0 rings (SSSR count). The average Bonchev–Trinajstić information content (AvgIpc) is 2.13. The number of hydrogen-bond acceptors (Lipinski definition) is 3. The summed E-state index contributed by atoms with van der Waals surface area (Å²) in [6.45, 7) is 3.07. The summed E-state index contributed by atoms with van der Waals surface area (Å²) in [7, 11) is -3.20. The molecule has 0 aliphatic heterocycles. The molecule has 0 aliphatic carbocycles. The second-order valence-electron chi connectivity index (χ2n) is 3.96. The van der Waals surface area contributed by atoms with E-state index in [1.807, 2.05) is 0 Å². The van der Waals surface area contributed by atoms with E-state index in [4.69, 9.17) is 15.1 Å². The molecule has 3 N–H and O–H groups in total. The van der Waals surface area contributed by atoms with E-state index < -0.39 is 37.5 Å². The molecule has 0 aromatic heterocycles. The van der Waals surface area contributed by atoms with Crippen LogP contribution in [0.15, 0.2) is 0 Å². The van der Waals surface area contributed by atoms with E-state index in [1.54, 1.807) is 6.92 Å². The normalized spacial score (nSPS) is 18.4. The summed E-state index contributed by atoms with van der Waals surface area (Å²) in [5.74, 6) is -2.49. The maximum absolute atomic E-state index is 11.1. The van der Waals surface area contributed by atoms with Crippen LogP contribution in [0.5, 0.6) is 0 Å². The first-order chi connectivity index (χ1) is 7.25. The van der Waals surface area contributed by atoms with Crippen molar-refractivity contribution in [3.05, 3.63) is 0 Å². The van der Waals surface area contributed by atoms with Crippen LogP contribution in [-0.2, 0) is 14.2 Å². The van der Waals surface area contributed by atoms with Gasteiger partial charge in [-0.05, 0) is 13.3 Å². The molecule has 94 valence electrons.